The first-order valence-corrected chi connectivity index (χ1v) is 11.2. The summed E-state index contributed by atoms with van der Waals surface area (Å²) in [5.74, 6) is -6.36. The molecule has 2 atom stereocenters. The van der Waals surface area contributed by atoms with Gasteiger partial charge in [-0.3, -0.25) is 14.4 Å². The third-order valence-corrected chi connectivity index (χ3v) is 6.12. The highest BCUT2D eigenvalue weighted by molar-refractivity contribution is 6.45. The Balaban J connectivity index is 1.76. The van der Waals surface area contributed by atoms with Crippen molar-refractivity contribution in [2.75, 3.05) is 5.32 Å². The van der Waals surface area contributed by atoms with Crippen LogP contribution in [-0.4, -0.2) is 23.4 Å². The quantitative estimate of drug-likeness (QED) is 0.221. The molecule has 35 heavy (non-hydrogen) atoms. The summed E-state index contributed by atoms with van der Waals surface area (Å²) in [5.41, 5.74) is 2.16. The fraction of sp³-hybridized carbons (Fsp3) is 0.214. The standard InChI is InChI=1S/C28H24FNO5/c1-15(2)17-13-8-9-16(3)23(17)30-27(33)25(32)22(24(31)20-12-6-7-14-21(20)29)26-18-10-4-5-11-19(18)28(34)35-26/h4-15,22,26H,1-3H3,(H,30,33)/t22-,26+/m0/s1. The number of para-hydroxylation sites is 1. The molecule has 3 aromatic rings. The topological polar surface area (TPSA) is 89.5 Å². The number of esters is 1. The van der Waals surface area contributed by atoms with E-state index in [9.17, 15) is 23.6 Å². The maximum Gasteiger partial charge on any atom is 0.339 e. The summed E-state index contributed by atoms with van der Waals surface area (Å²) in [6.45, 7) is 5.69. The van der Waals surface area contributed by atoms with Crippen LogP contribution in [-0.2, 0) is 14.3 Å². The Kier molecular flexibility index (Phi) is 6.60. The van der Waals surface area contributed by atoms with Gasteiger partial charge in [-0.25, -0.2) is 9.18 Å². The summed E-state index contributed by atoms with van der Waals surface area (Å²) in [4.78, 5) is 52.6. The first kappa shape index (κ1) is 24.0. The van der Waals surface area contributed by atoms with Gasteiger partial charge in [-0.1, -0.05) is 62.4 Å². The molecule has 4 rings (SSSR count). The smallest absolute Gasteiger partial charge is 0.339 e. The maximum atomic E-state index is 14.5. The van der Waals surface area contributed by atoms with Crippen LogP contribution in [0.25, 0.3) is 0 Å². The van der Waals surface area contributed by atoms with Gasteiger partial charge in [0, 0.05) is 11.3 Å². The monoisotopic (exact) mass is 473 g/mol. The number of aryl methyl sites for hydroxylation is 1. The molecule has 6 nitrogen and oxygen atoms in total. The van der Waals surface area contributed by atoms with Gasteiger partial charge in [0.25, 0.3) is 5.91 Å². The maximum absolute atomic E-state index is 14.5. The molecule has 7 heteroatoms. The van der Waals surface area contributed by atoms with E-state index in [-0.39, 0.29) is 17.0 Å². The highest BCUT2D eigenvalue weighted by atomic mass is 19.1. The number of nitrogens with one attached hydrogen (secondary N) is 1. The molecule has 1 heterocycles. The Hall–Kier alpha value is -4.13. The number of ether oxygens (including phenoxy) is 1. The first-order valence-electron chi connectivity index (χ1n) is 11.2. The van der Waals surface area contributed by atoms with Crippen LogP contribution in [0.1, 0.15) is 63.3 Å². The average Bonchev–Trinajstić information content (AvgIpc) is 3.16. The van der Waals surface area contributed by atoms with Crippen molar-refractivity contribution in [2.45, 2.75) is 32.8 Å². The molecule has 0 saturated carbocycles. The number of hydrogen-bond acceptors (Lipinski definition) is 5. The van der Waals surface area contributed by atoms with Crippen molar-refractivity contribution in [1.82, 2.24) is 0 Å². The van der Waals surface area contributed by atoms with Crippen LogP contribution in [0.5, 0.6) is 0 Å². The lowest BCUT2D eigenvalue weighted by atomic mass is 9.84. The molecule has 0 unspecified atom stereocenters. The molecular formula is C28H24FNO5. The minimum atomic E-state index is -1.76. The number of benzene rings is 3. The van der Waals surface area contributed by atoms with E-state index < -0.39 is 41.3 Å². The molecule has 1 N–H and O–H groups in total. The van der Waals surface area contributed by atoms with Crippen molar-refractivity contribution in [3.05, 3.63) is 100 Å². The number of rotatable bonds is 7. The summed E-state index contributed by atoms with van der Waals surface area (Å²) in [7, 11) is 0. The number of anilines is 1. The van der Waals surface area contributed by atoms with E-state index in [0.717, 1.165) is 17.2 Å². The summed E-state index contributed by atoms with van der Waals surface area (Å²) >= 11 is 0. The fourth-order valence-corrected chi connectivity index (χ4v) is 4.30. The lowest BCUT2D eigenvalue weighted by Gasteiger charge is -2.22. The highest BCUT2D eigenvalue weighted by Crippen LogP contribution is 2.38. The fourth-order valence-electron chi connectivity index (χ4n) is 4.30. The van der Waals surface area contributed by atoms with Crippen LogP contribution in [0.3, 0.4) is 0 Å². The van der Waals surface area contributed by atoms with Gasteiger partial charge < -0.3 is 10.1 Å². The predicted molar refractivity (Wildman–Crippen MR) is 128 cm³/mol. The molecular weight excluding hydrogens is 449 g/mol. The van der Waals surface area contributed by atoms with E-state index in [1.807, 2.05) is 26.0 Å². The Morgan fingerprint density at radius 3 is 2.34 bits per heavy atom. The van der Waals surface area contributed by atoms with E-state index in [4.69, 9.17) is 4.74 Å². The van der Waals surface area contributed by atoms with Gasteiger partial charge in [0.1, 0.15) is 17.8 Å². The number of Topliss-reactive ketones (excluding diaryl/α,β-unsaturated/α-hetero) is 2. The van der Waals surface area contributed by atoms with Gasteiger partial charge in [-0.15, -0.1) is 0 Å². The summed E-state index contributed by atoms with van der Waals surface area (Å²) < 4.78 is 19.9. The van der Waals surface area contributed by atoms with Gasteiger partial charge in [-0.2, -0.15) is 0 Å². The van der Waals surface area contributed by atoms with Crippen LogP contribution in [0.4, 0.5) is 10.1 Å². The van der Waals surface area contributed by atoms with Gasteiger partial charge in [0.05, 0.1) is 11.1 Å². The molecule has 3 aromatic carbocycles. The number of fused-ring (bicyclic) bond motifs is 1. The largest absolute Gasteiger partial charge is 0.453 e. The van der Waals surface area contributed by atoms with E-state index in [1.165, 1.54) is 24.3 Å². The average molecular weight is 474 g/mol. The van der Waals surface area contributed by atoms with Crippen LogP contribution in [0.15, 0.2) is 66.7 Å². The zero-order chi connectivity index (χ0) is 25.3. The van der Waals surface area contributed by atoms with Gasteiger partial charge >= 0.3 is 5.97 Å². The normalized spacial score (nSPS) is 15.3. The Morgan fingerprint density at radius 1 is 0.943 bits per heavy atom. The van der Waals surface area contributed by atoms with E-state index in [0.29, 0.717) is 11.3 Å². The first-order chi connectivity index (χ1) is 16.7. The molecule has 0 aliphatic carbocycles. The number of cyclic esters (lactones) is 1. The number of carbonyl (C=O) groups is 4. The zero-order valence-corrected chi connectivity index (χ0v) is 19.5. The number of halogens is 1. The van der Waals surface area contributed by atoms with Crippen molar-refractivity contribution in [3.8, 4) is 0 Å². The minimum Gasteiger partial charge on any atom is -0.453 e. The molecule has 0 saturated heterocycles. The highest BCUT2D eigenvalue weighted by Gasteiger charge is 2.46. The van der Waals surface area contributed by atoms with Crippen LogP contribution in [0, 0.1) is 18.7 Å². The van der Waals surface area contributed by atoms with Crippen LogP contribution < -0.4 is 5.32 Å². The summed E-state index contributed by atoms with van der Waals surface area (Å²) in [6, 6.07) is 17.0. The predicted octanol–water partition coefficient (Wildman–Crippen LogP) is 5.18. The second kappa shape index (κ2) is 9.62. The molecule has 0 bridgehead atoms. The summed E-state index contributed by atoms with van der Waals surface area (Å²) in [6.07, 6.45) is -1.36. The Bertz CT molecular complexity index is 1350. The van der Waals surface area contributed by atoms with Gasteiger partial charge in [0.2, 0.25) is 5.78 Å². The number of hydrogen-bond donors (Lipinski definition) is 1. The van der Waals surface area contributed by atoms with E-state index in [2.05, 4.69) is 5.32 Å². The molecule has 1 aliphatic rings. The SMILES string of the molecule is Cc1cccc(C(C)C)c1NC(=O)C(=O)[C@H](C(=O)c1ccccc1F)[C@@H]1OC(=O)c2ccccc21. The van der Waals surface area contributed by atoms with Crippen molar-refractivity contribution in [3.63, 3.8) is 0 Å². The molecule has 178 valence electrons. The third-order valence-electron chi connectivity index (χ3n) is 6.12. The molecule has 1 amide bonds. The lowest BCUT2D eigenvalue weighted by Crippen LogP contribution is -2.38. The van der Waals surface area contributed by atoms with E-state index >= 15 is 0 Å². The number of carbonyl (C=O) groups excluding carboxylic acids is 4. The van der Waals surface area contributed by atoms with Crippen LogP contribution in [0.2, 0.25) is 0 Å². The Morgan fingerprint density at radius 2 is 1.63 bits per heavy atom. The van der Waals surface area contributed by atoms with Crippen molar-refractivity contribution >= 4 is 29.1 Å². The minimum absolute atomic E-state index is 0.0545. The Labute approximate surface area is 202 Å². The molecule has 0 radical (unpaired) electrons. The second-order valence-electron chi connectivity index (χ2n) is 8.75. The van der Waals surface area contributed by atoms with Crippen molar-refractivity contribution < 1.29 is 28.3 Å². The zero-order valence-electron chi connectivity index (χ0n) is 19.5. The van der Waals surface area contributed by atoms with Crippen molar-refractivity contribution in [1.29, 1.82) is 0 Å². The molecule has 1 aliphatic heterocycles. The van der Waals surface area contributed by atoms with Gasteiger partial charge in [-0.05, 0) is 42.2 Å². The second-order valence-corrected chi connectivity index (χ2v) is 8.75. The summed E-state index contributed by atoms with van der Waals surface area (Å²) in [5, 5.41) is 2.65. The lowest BCUT2D eigenvalue weighted by molar-refractivity contribution is -0.138. The molecule has 0 aromatic heterocycles. The van der Waals surface area contributed by atoms with Crippen LogP contribution >= 0.6 is 0 Å². The number of ketones is 2. The van der Waals surface area contributed by atoms with Crippen molar-refractivity contribution in [2.24, 2.45) is 5.92 Å². The molecule has 0 fully saturated rings. The van der Waals surface area contributed by atoms with Gasteiger partial charge in [0.15, 0.2) is 5.78 Å². The molecule has 0 spiro atoms. The van der Waals surface area contributed by atoms with E-state index in [1.54, 1.807) is 31.2 Å². The number of amides is 1. The third kappa shape index (κ3) is 4.49.